The molecule has 0 aromatic heterocycles. The number of azide groups is 1. The number of halogens is 1. The van der Waals surface area contributed by atoms with Gasteiger partial charge in [0.1, 0.15) is 5.67 Å². The van der Waals surface area contributed by atoms with Crippen LogP contribution in [0.5, 0.6) is 0 Å². The predicted molar refractivity (Wildman–Crippen MR) is 46.7 cm³/mol. The summed E-state index contributed by atoms with van der Waals surface area (Å²) in [7, 11) is 0. The molecular formula is C7H11FN4O2. The van der Waals surface area contributed by atoms with Crippen LogP contribution in [0.4, 0.5) is 9.18 Å². The lowest BCUT2D eigenvalue weighted by Gasteiger charge is -2.33. The van der Waals surface area contributed by atoms with E-state index in [2.05, 4.69) is 10.0 Å². The number of carbonyl (C=O) groups is 1. The molecule has 1 saturated heterocycles. The molecule has 0 bridgehead atoms. The van der Waals surface area contributed by atoms with Gasteiger partial charge in [-0.2, -0.15) is 0 Å². The smallest absolute Gasteiger partial charge is 0.407 e. The van der Waals surface area contributed by atoms with Gasteiger partial charge in [-0.3, -0.25) is 0 Å². The summed E-state index contributed by atoms with van der Waals surface area (Å²) in [6.45, 7) is 0.108. The van der Waals surface area contributed by atoms with Crippen LogP contribution in [0.2, 0.25) is 0 Å². The highest BCUT2D eigenvalue weighted by Gasteiger charge is 2.35. The molecule has 1 N–H and O–H groups in total. The van der Waals surface area contributed by atoms with Gasteiger partial charge in [-0.15, -0.1) is 0 Å². The van der Waals surface area contributed by atoms with Gasteiger partial charge in [-0.05, 0) is 18.4 Å². The van der Waals surface area contributed by atoms with Crippen molar-refractivity contribution in [3.63, 3.8) is 0 Å². The van der Waals surface area contributed by atoms with Crippen molar-refractivity contribution in [1.82, 2.24) is 4.90 Å². The van der Waals surface area contributed by atoms with Crippen LogP contribution in [0.15, 0.2) is 5.11 Å². The van der Waals surface area contributed by atoms with Crippen molar-refractivity contribution < 1.29 is 14.3 Å². The number of hydrogen-bond acceptors (Lipinski definition) is 2. The Balaban J connectivity index is 2.48. The number of nitrogens with zero attached hydrogens (tertiary/aromatic N) is 4. The fourth-order valence-corrected chi connectivity index (χ4v) is 1.42. The number of alkyl halides is 1. The minimum atomic E-state index is -1.53. The number of likely N-dealkylation sites (tertiary alicyclic amines) is 1. The van der Waals surface area contributed by atoms with Gasteiger partial charge in [0.15, 0.2) is 0 Å². The standard InChI is InChI=1S/C7H11FN4O2/c8-7(5-10-11-9)1-3-12(4-2-7)6(13)14/h1-5H2,(H,13,14). The van der Waals surface area contributed by atoms with Gasteiger partial charge in [0, 0.05) is 18.0 Å². The van der Waals surface area contributed by atoms with Crippen molar-refractivity contribution in [2.75, 3.05) is 19.6 Å². The Morgan fingerprint density at radius 2 is 2.21 bits per heavy atom. The van der Waals surface area contributed by atoms with E-state index < -0.39 is 11.8 Å². The van der Waals surface area contributed by atoms with Gasteiger partial charge >= 0.3 is 6.09 Å². The Morgan fingerprint density at radius 3 is 2.64 bits per heavy atom. The number of rotatable bonds is 2. The highest BCUT2D eigenvalue weighted by Crippen LogP contribution is 2.26. The first-order valence-electron chi connectivity index (χ1n) is 4.25. The molecule has 0 atom stereocenters. The second-order valence-electron chi connectivity index (χ2n) is 3.31. The van der Waals surface area contributed by atoms with Crippen molar-refractivity contribution in [3.8, 4) is 0 Å². The quantitative estimate of drug-likeness (QED) is 0.420. The number of hydrogen-bond donors (Lipinski definition) is 1. The second-order valence-corrected chi connectivity index (χ2v) is 3.31. The maximum Gasteiger partial charge on any atom is 0.407 e. The maximum atomic E-state index is 13.7. The SMILES string of the molecule is [N-]=[N+]=NCC1(F)CCN(C(=O)O)CC1. The fourth-order valence-electron chi connectivity index (χ4n) is 1.42. The Labute approximate surface area is 79.9 Å². The number of amides is 1. The third-order valence-corrected chi connectivity index (χ3v) is 2.35. The molecule has 1 amide bonds. The molecule has 1 fully saturated rings. The Hall–Kier alpha value is -1.49. The highest BCUT2D eigenvalue weighted by molar-refractivity contribution is 5.65. The van der Waals surface area contributed by atoms with E-state index in [0.717, 1.165) is 4.90 Å². The Bertz CT molecular complexity index is 269. The van der Waals surface area contributed by atoms with Gasteiger partial charge in [0.25, 0.3) is 0 Å². The summed E-state index contributed by atoms with van der Waals surface area (Å²) < 4.78 is 13.7. The largest absolute Gasteiger partial charge is 0.465 e. The Morgan fingerprint density at radius 1 is 1.64 bits per heavy atom. The second kappa shape index (κ2) is 4.15. The van der Waals surface area contributed by atoms with E-state index in [4.69, 9.17) is 10.6 Å². The first-order valence-corrected chi connectivity index (χ1v) is 4.25. The van der Waals surface area contributed by atoms with Crippen molar-refractivity contribution in [1.29, 1.82) is 0 Å². The third-order valence-electron chi connectivity index (χ3n) is 2.35. The van der Waals surface area contributed by atoms with E-state index in [9.17, 15) is 9.18 Å². The summed E-state index contributed by atoms with van der Waals surface area (Å²) in [4.78, 5) is 14.1. The topological polar surface area (TPSA) is 89.3 Å². The summed E-state index contributed by atoms with van der Waals surface area (Å²) in [5.41, 5.74) is 6.51. The van der Waals surface area contributed by atoms with Crippen molar-refractivity contribution in [2.24, 2.45) is 5.11 Å². The van der Waals surface area contributed by atoms with Crippen LogP contribution in [0.1, 0.15) is 12.8 Å². The summed E-state index contributed by atoms with van der Waals surface area (Å²) in [6, 6.07) is 0. The summed E-state index contributed by atoms with van der Waals surface area (Å²) in [5.74, 6) is 0. The van der Waals surface area contributed by atoms with E-state index >= 15 is 0 Å². The van der Waals surface area contributed by atoms with E-state index in [1.165, 1.54) is 0 Å². The molecule has 0 saturated carbocycles. The monoisotopic (exact) mass is 202 g/mol. The molecule has 78 valence electrons. The Kier molecular flexibility index (Phi) is 3.14. The van der Waals surface area contributed by atoms with Gasteiger partial charge in [0.05, 0.1) is 6.54 Å². The molecule has 1 rings (SSSR count). The zero-order valence-electron chi connectivity index (χ0n) is 7.56. The van der Waals surface area contributed by atoms with Crippen molar-refractivity contribution in [3.05, 3.63) is 10.4 Å². The maximum absolute atomic E-state index is 13.7. The van der Waals surface area contributed by atoms with Gasteiger partial charge in [-0.25, -0.2) is 9.18 Å². The zero-order valence-corrected chi connectivity index (χ0v) is 7.56. The normalized spacial score (nSPS) is 19.9. The molecule has 0 unspecified atom stereocenters. The first-order chi connectivity index (χ1) is 6.57. The molecule has 14 heavy (non-hydrogen) atoms. The van der Waals surface area contributed by atoms with Crippen molar-refractivity contribution in [2.45, 2.75) is 18.5 Å². The molecule has 0 aromatic rings. The van der Waals surface area contributed by atoms with Crippen LogP contribution in [0, 0.1) is 0 Å². The van der Waals surface area contributed by atoms with Gasteiger partial charge in [-0.1, -0.05) is 5.11 Å². The van der Waals surface area contributed by atoms with Crippen LogP contribution < -0.4 is 0 Å². The minimum Gasteiger partial charge on any atom is -0.465 e. The average Bonchev–Trinajstić information content (AvgIpc) is 2.16. The van der Waals surface area contributed by atoms with Crippen LogP contribution in [0.3, 0.4) is 0 Å². The van der Waals surface area contributed by atoms with Gasteiger partial charge in [0.2, 0.25) is 0 Å². The fraction of sp³-hybridized carbons (Fsp3) is 0.857. The molecule has 6 nitrogen and oxygen atoms in total. The molecule has 1 aliphatic heterocycles. The van der Waals surface area contributed by atoms with E-state index in [1.54, 1.807) is 0 Å². The molecular weight excluding hydrogens is 191 g/mol. The summed E-state index contributed by atoms with van der Waals surface area (Å²) in [6.07, 6.45) is -0.841. The molecule has 0 aromatic carbocycles. The highest BCUT2D eigenvalue weighted by atomic mass is 19.1. The zero-order chi connectivity index (χ0) is 10.6. The van der Waals surface area contributed by atoms with E-state index in [0.29, 0.717) is 0 Å². The lowest BCUT2D eigenvalue weighted by molar-refractivity contribution is 0.0631. The van der Waals surface area contributed by atoms with Crippen molar-refractivity contribution >= 4 is 6.09 Å². The van der Waals surface area contributed by atoms with E-state index in [-0.39, 0.29) is 32.5 Å². The molecule has 0 radical (unpaired) electrons. The first kappa shape index (κ1) is 10.6. The molecule has 1 aliphatic rings. The van der Waals surface area contributed by atoms with E-state index in [1.807, 2.05) is 0 Å². The lowest BCUT2D eigenvalue weighted by Crippen LogP contribution is -2.45. The predicted octanol–water partition coefficient (Wildman–Crippen LogP) is 1.78. The van der Waals surface area contributed by atoms with Crippen LogP contribution in [0.25, 0.3) is 10.4 Å². The van der Waals surface area contributed by atoms with Crippen LogP contribution >= 0.6 is 0 Å². The van der Waals surface area contributed by atoms with Gasteiger partial charge < -0.3 is 10.0 Å². The van der Waals surface area contributed by atoms with Crippen LogP contribution in [-0.2, 0) is 0 Å². The van der Waals surface area contributed by atoms with Crippen LogP contribution in [-0.4, -0.2) is 41.4 Å². The lowest BCUT2D eigenvalue weighted by atomic mass is 9.94. The average molecular weight is 202 g/mol. The number of piperidine rings is 1. The molecule has 0 aliphatic carbocycles. The molecule has 1 heterocycles. The molecule has 0 spiro atoms. The molecule has 7 heteroatoms. The minimum absolute atomic E-state index is 0.0956. The third kappa shape index (κ3) is 2.50. The summed E-state index contributed by atoms with van der Waals surface area (Å²) >= 11 is 0. The number of carboxylic acid groups (broad SMARTS) is 1. The summed E-state index contributed by atoms with van der Waals surface area (Å²) in [5, 5.41) is 11.8.